The van der Waals surface area contributed by atoms with Crippen LogP contribution in [0.3, 0.4) is 0 Å². The van der Waals surface area contributed by atoms with Gasteiger partial charge in [0.25, 0.3) is 5.91 Å². The number of nitrogens with one attached hydrogen (secondary N) is 1. The third kappa shape index (κ3) is 2.90. The maximum absolute atomic E-state index is 13.2. The molecule has 0 bridgehead atoms. The highest BCUT2D eigenvalue weighted by Crippen LogP contribution is 2.33. The molecule has 0 aromatic carbocycles. The van der Waals surface area contributed by atoms with Crippen LogP contribution in [0.1, 0.15) is 51.9 Å². The molecule has 4 rings (SSSR count). The van der Waals surface area contributed by atoms with Crippen LogP contribution in [0.15, 0.2) is 0 Å². The van der Waals surface area contributed by atoms with Crippen molar-refractivity contribution in [3.8, 4) is 0 Å². The minimum atomic E-state index is -0.719. The highest BCUT2D eigenvalue weighted by molar-refractivity contribution is 6.07. The molecule has 1 N–H and O–H groups in total. The SMILES string of the molecule is CCN1CCC2(CC1)NC(=O)N(C1CCCN(C(=O)C3CCC3)C1)C2=O. The van der Waals surface area contributed by atoms with Gasteiger partial charge in [-0.3, -0.25) is 14.5 Å². The number of rotatable bonds is 3. The van der Waals surface area contributed by atoms with Crippen LogP contribution < -0.4 is 5.32 Å². The molecule has 0 aromatic rings. The summed E-state index contributed by atoms with van der Waals surface area (Å²) in [5.74, 6) is 0.321. The van der Waals surface area contributed by atoms with Gasteiger partial charge >= 0.3 is 6.03 Å². The van der Waals surface area contributed by atoms with E-state index in [0.29, 0.717) is 19.4 Å². The van der Waals surface area contributed by atoms with E-state index in [9.17, 15) is 14.4 Å². The molecule has 4 aliphatic rings. The summed E-state index contributed by atoms with van der Waals surface area (Å²) >= 11 is 0. The first-order chi connectivity index (χ1) is 12.5. The van der Waals surface area contributed by atoms with Gasteiger partial charge in [-0.05, 0) is 45.1 Å². The van der Waals surface area contributed by atoms with Crippen LogP contribution in [0.5, 0.6) is 0 Å². The maximum atomic E-state index is 13.2. The van der Waals surface area contributed by atoms with E-state index in [4.69, 9.17) is 0 Å². The first kappa shape index (κ1) is 17.8. The van der Waals surface area contributed by atoms with Crippen LogP contribution in [0.2, 0.25) is 0 Å². The number of carbonyl (C=O) groups is 3. The molecule has 7 nitrogen and oxygen atoms in total. The summed E-state index contributed by atoms with van der Waals surface area (Å²) in [7, 11) is 0. The van der Waals surface area contributed by atoms with E-state index in [-0.39, 0.29) is 29.8 Å². The molecular weight excluding hydrogens is 332 g/mol. The van der Waals surface area contributed by atoms with E-state index in [1.807, 2.05) is 4.90 Å². The van der Waals surface area contributed by atoms with Gasteiger partial charge in [0.2, 0.25) is 5.91 Å². The van der Waals surface area contributed by atoms with E-state index in [2.05, 4.69) is 17.1 Å². The molecule has 7 heteroatoms. The summed E-state index contributed by atoms with van der Waals surface area (Å²) in [4.78, 5) is 44.1. The Hall–Kier alpha value is -1.63. The highest BCUT2D eigenvalue weighted by Gasteiger charge is 2.54. The van der Waals surface area contributed by atoms with E-state index >= 15 is 0 Å². The average Bonchev–Trinajstić information content (AvgIpc) is 2.84. The quantitative estimate of drug-likeness (QED) is 0.766. The Morgan fingerprint density at radius 2 is 1.85 bits per heavy atom. The first-order valence-corrected chi connectivity index (χ1v) is 10.2. The zero-order valence-corrected chi connectivity index (χ0v) is 15.7. The lowest BCUT2D eigenvalue weighted by molar-refractivity contribution is -0.143. The second-order valence-electron chi connectivity index (χ2n) is 8.33. The Morgan fingerprint density at radius 3 is 2.46 bits per heavy atom. The zero-order chi connectivity index (χ0) is 18.3. The van der Waals surface area contributed by atoms with Crippen molar-refractivity contribution in [2.45, 2.75) is 63.5 Å². The minimum Gasteiger partial charge on any atom is -0.340 e. The normalized spacial score (nSPS) is 29.8. The number of carbonyl (C=O) groups excluding carboxylic acids is 3. The van der Waals surface area contributed by atoms with Crippen molar-refractivity contribution in [2.24, 2.45) is 5.92 Å². The van der Waals surface area contributed by atoms with Crippen LogP contribution in [-0.4, -0.2) is 76.8 Å². The van der Waals surface area contributed by atoms with Gasteiger partial charge in [-0.2, -0.15) is 0 Å². The van der Waals surface area contributed by atoms with Gasteiger partial charge in [0.05, 0.1) is 6.04 Å². The number of hydrogen-bond donors (Lipinski definition) is 1. The summed E-state index contributed by atoms with van der Waals surface area (Å²) in [5.41, 5.74) is -0.719. The second-order valence-corrected chi connectivity index (χ2v) is 8.33. The van der Waals surface area contributed by atoms with Gasteiger partial charge < -0.3 is 15.1 Å². The fourth-order valence-corrected chi connectivity index (χ4v) is 4.84. The molecular formula is C19H30N4O3. The molecule has 1 aliphatic carbocycles. The van der Waals surface area contributed by atoms with Crippen molar-refractivity contribution in [3.05, 3.63) is 0 Å². The van der Waals surface area contributed by atoms with E-state index in [1.54, 1.807) is 0 Å². The third-order valence-corrected chi connectivity index (χ3v) is 6.88. The lowest BCUT2D eigenvalue weighted by Crippen LogP contribution is -2.56. The lowest BCUT2D eigenvalue weighted by atomic mass is 9.83. The van der Waals surface area contributed by atoms with Crippen LogP contribution in [0.25, 0.3) is 0 Å². The van der Waals surface area contributed by atoms with Crippen molar-refractivity contribution in [1.29, 1.82) is 0 Å². The molecule has 4 amide bonds. The minimum absolute atomic E-state index is 0.0683. The van der Waals surface area contributed by atoms with Crippen LogP contribution in [-0.2, 0) is 9.59 Å². The molecule has 1 unspecified atom stereocenters. The Kier molecular flexibility index (Phi) is 4.67. The fourth-order valence-electron chi connectivity index (χ4n) is 4.84. The van der Waals surface area contributed by atoms with Crippen LogP contribution >= 0.6 is 0 Å². The molecule has 4 fully saturated rings. The Labute approximate surface area is 155 Å². The highest BCUT2D eigenvalue weighted by atomic mass is 16.2. The molecule has 26 heavy (non-hydrogen) atoms. The summed E-state index contributed by atoms with van der Waals surface area (Å²) in [5, 5.41) is 3.01. The predicted octanol–water partition coefficient (Wildman–Crippen LogP) is 1.18. The zero-order valence-electron chi connectivity index (χ0n) is 15.7. The fraction of sp³-hybridized carbons (Fsp3) is 0.842. The van der Waals surface area contributed by atoms with Crippen molar-refractivity contribution in [3.63, 3.8) is 0 Å². The molecule has 1 saturated carbocycles. The maximum Gasteiger partial charge on any atom is 0.325 e. The van der Waals surface area contributed by atoms with Crippen LogP contribution in [0.4, 0.5) is 4.79 Å². The smallest absolute Gasteiger partial charge is 0.325 e. The Morgan fingerprint density at radius 1 is 1.12 bits per heavy atom. The molecule has 3 heterocycles. The van der Waals surface area contributed by atoms with Crippen molar-refractivity contribution < 1.29 is 14.4 Å². The van der Waals surface area contributed by atoms with Gasteiger partial charge in [-0.15, -0.1) is 0 Å². The number of imide groups is 1. The number of amides is 4. The number of piperidine rings is 2. The standard InChI is InChI=1S/C19H30N4O3/c1-2-21-11-8-19(9-12-21)17(25)23(18(26)20-19)15-7-4-10-22(13-15)16(24)14-5-3-6-14/h14-15H,2-13H2,1H3,(H,20,26). The van der Waals surface area contributed by atoms with Crippen molar-refractivity contribution >= 4 is 17.8 Å². The van der Waals surface area contributed by atoms with Crippen LogP contribution in [0, 0.1) is 5.92 Å². The topological polar surface area (TPSA) is 73.0 Å². The van der Waals surface area contributed by atoms with Gasteiger partial charge in [-0.25, -0.2) is 4.79 Å². The molecule has 3 saturated heterocycles. The van der Waals surface area contributed by atoms with Gasteiger partial charge in [0, 0.05) is 32.1 Å². The number of nitrogens with zero attached hydrogens (tertiary/aromatic N) is 3. The largest absolute Gasteiger partial charge is 0.340 e. The summed E-state index contributed by atoms with van der Waals surface area (Å²) in [6.45, 7) is 6.04. The van der Waals surface area contributed by atoms with E-state index in [0.717, 1.165) is 58.3 Å². The monoisotopic (exact) mass is 362 g/mol. The van der Waals surface area contributed by atoms with E-state index in [1.165, 1.54) is 4.90 Å². The molecule has 144 valence electrons. The molecule has 0 radical (unpaired) electrons. The third-order valence-electron chi connectivity index (χ3n) is 6.88. The molecule has 0 aromatic heterocycles. The Balaban J connectivity index is 1.44. The lowest BCUT2D eigenvalue weighted by Gasteiger charge is -2.40. The number of hydrogen-bond acceptors (Lipinski definition) is 4. The number of likely N-dealkylation sites (tertiary alicyclic amines) is 2. The summed E-state index contributed by atoms with van der Waals surface area (Å²) in [6.07, 6.45) is 6.12. The summed E-state index contributed by atoms with van der Waals surface area (Å²) < 4.78 is 0. The van der Waals surface area contributed by atoms with E-state index < -0.39 is 5.54 Å². The number of urea groups is 1. The summed E-state index contributed by atoms with van der Waals surface area (Å²) in [6, 6.07) is -0.438. The predicted molar refractivity (Wildman–Crippen MR) is 96.4 cm³/mol. The Bertz CT molecular complexity index is 596. The second kappa shape index (κ2) is 6.83. The first-order valence-electron chi connectivity index (χ1n) is 10.2. The van der Waals surface area contributed by atoms with Crippen molar-refractivity contribution in [1.82, 2.24) is 20.0 Å². The van der Waals surface area contributed by atoms with Gasteiger partial charge in [0.1, 0.15) is 5.54 Å². The van der Waals surface area contributed by atoms with Gasteiger partial charge in [0.15, 0.2) is 0 Å². The van der Waals surface area contributed by atoms with Gasteiger partial charge in [-0.1, -0.05) is 13.3 Å². The van der Waals surface area contributed by atoms with Crippen molar-refractivity contribution in [2.75, 3.05) is 32.7 Å². The average molecular weight is 362 g/mol. The molecule has 3 aliphatic heterocycles. The molecule has 1 atom stereocenters. The molecule has 1 spiro atoms.